The second-order valence-corrected chi connectivity index (χ2v) is 6.81. The predicted molar refractivity (Wildman–Crippen MR) is 86.5 cm³/mol. The normalized spacial score (nSPS) is 18.1. The highest BCUT2D eigenvalue weighted by atomic mass is 16.6. The molecule has 1 aliphatic rings. The quantitative estimate of drug-likeness (QED) is 0.853. The molecule has 0 saturated carbocycles. The highest BCUT2D eigenvalue weighted by Gasteiger charge is 2.30. The van der Waals surface area contributed by atoms with Gasteiger partial charge in [-0.1, -0.05) is 0 Å². The SMILES string of the molecule is COc1cc(CO[C@@H]2CCN(C(=O)OC(C)(C)C)C2)cc(C)n1. The summed E-state index contributed by atoms with van der Waals surface area (Å²) in [5, 5.41) is 0. The third-order valence-electron chi connectivity index (χ3n) is 3.48. The molecule has 2 heterocycles. The maximum Gasteiger partial charge on any atom is 0.410 e. The molecule has 0 unspecified atom stereocenters. The van der Waals surface area contributed by atoms with Crippen molar-refractivity contribution in [2.24, 2.45) is 0 Å². The fraction of sp³-hybridized carbons (Fsp3) is 0.647. The number of aryl methyl sites for hydroxylation is 1. The smallest absolute Gasteiger partial charge is 0.410 e. The Bertz CT molecular complexity index is 554. The second-order valence-electron chi connectivity index (χ2n) is 6.81. The zero-order valence-electron chi connectivity index (χ0n) is 14.6. The van der Waals surface area contributed by atoms with Gasteiger partial charge in [0.15, 0.2) is 0 Å². The zero-order chi connectivity index (χ0) is 17.0. The van der Waals surface area contributed by atoms with Crippen LogP contribution in [-0.4, -0.2) is 47.9 Å². The Morgan fingerprint density at radius 2 is 2.13 bits per heavy atom. The van der Waals surface area contributed by atoms with E-state index >= 15 is 0 Å². The Labute approximate surface area is 137 Å². The molecule has 1 amide bonds. The van der Waals surface area contributed by atoms with Gasteiger partial charge in [-0.2, -0.15) is 0 Å². The maximum absolute atomic E-state index is 12.0. The van der Waals surface area contributed by atoms with E-state index in [-0.39, 0.29) is 12.2 Å². The van der Waals surface area contributed by atoms with Gasteiger partial charge in [-0.15, -0.1) is 0 Å². The van der Waals surface area contributed by atoms with Crippen LogP contribution >= 0.6 is 0 Å². The number of rotatable bonds is 4. The lowest BCUT2D eigenvalue weighted by molar-refractivity contribution is 0.0184. The summed E-state index contributed by atoms with van der Waals surface area (Å²) in [4.78, 5) is 18.0. The van der Waals surface area contributed by atoms with Gasteiger partial charge in [0.25, 0.3) is 0 Å². The molecule has 0 N–H and O–H groups in total. The number of amides is 1. The molecule has 1 aromatic rings. The molecule has 1 aromatic heterocycles. The third kappa shape index (κ3) is 5.39. The highest BCUT2D eigenvalue weighted by Crippen LogP contribution is 2.19. The van der Waals surface area contributed by atoms with Crippen molar-refractivity contribution in [1.29, 1.82) is 0 Å². The maximum atomic E-state index is 12.0. The number of carbonyl (C=O) groups is 1. The van der Waals surface area contributed by atoms with Gasteiger partial charge in [0.1, 0.15) is 5.60 Å². The molecule has 0 bridgehead atoms. The molecule has 6 nitrogen and oxygen atoms in total. The second kappa shape index (κ2) is 7.17. The first-order valence-corrected chi connectivity index (χ1v) is 7.88. The van der Waals surface area contributed by atoms with Gasteiger partial charge in [-0.3, -0.25) is 0 Å². The first kappa shape index (κ1) is 17.5. The summed E-state index contributed by atoms with van der Waals surface area (Å²) >= 11 is 0. The van der Waals surface area contributed by atoms with Crippen molar-refractivity contribution >= 4 is 6.09 Å². The Balaban J connectivity index is 1.84. The fourth-order valence-corrected chi connectivity index (χ4v) is 2.47. The van der Waals surface area contributed by atoms with Crippen LogP contribution in [-0.2, 0) is 16.1 Å². The number of carbonyl (C=O) groups excluding carboxylic acids is 1. The predicted octanol–water partition coefficient (Wildman–Crippen LogP) is 2.92. The minimum Gasteiger partial charge on any atom is -0.481 e. The van der Waals surface area contributed by atoms with Crippen LogP contribution in [0.4, 0.5) is 4.79 Å². The molecule has 1 atom stereocenters. The third-order valence-corrected chi connectivity index (χ3v) is 3.48. The van der Waals surface area contributed by atoms with Gasteiger partial charge < -0.3 is 19.1 Å². The number of likely N-dealkylation sites (tertiary alicyclic amines) is 1. The van der Waals surface area contributed by atoms with Crippen molar-refractivity contribution in [1.82, 2.24) is 9.88 Å². The molecule has 0 spiro atoms. The van der Waals surface area contributed by atoms with E-state index in [0.717, 1.165) is 17.7 Å². The van der Waals surface area contributed by atoms with Crippen LogP contribution in [0.2, 0.25) is 0 Å². The number of hydrogen-bond donors (Lipinski definition) is 0. The summed E-state index contributed by atoms with van der Waals surface area (Å²) in [6.45, 7) is 9.24. The summed E-state index contributed by atoms with van der Waals surface area (Å²) in [5.41, 5.74) is 1.44. The van der Waals surface area contributed by atoms with Gasteiger partial charge >= 0.3 is 6.09 Å². The first-order valence-electron chi connectivity index (χ1n) is 7.88. The van der Waals surface area contributed by atoms with E-state index in [4.69, 9.17) is 14.2 Å². The molecule has 0 aromatic carbocycles. The first-order chi connectivity index (χ1) is 10.8. The molecule has 1 aliphatic heterocycles. The minimum atomic E-state index is -0.471. The van der Waals surface area contributed by atoms with Crippen molar-refractivity contribution < 1.29 is 19.0 Å². The Hall–Kier alpha value is -1.82. The van der Waals surface area contributed by atoms with Crippen LogP contribution in [0.15, 0.2) is 12.1 Å². The molecule has 0 aliphatic carbocycles. The Morgan fingerprint density at radius 1 is 1.39 bits per heavy atom. The van der Waals surface area contributed by atoms with E-state index in [1.54, 1.807) is 12.0 Å². The van der Waals surface area contributed by atoms with Gasteiger partial charge in [-0.25, -0.2) is 9.78 Å². The van der Waals surface area contributed by atoms with Crippen molar-refractivity contribution in [3.8, 4) is 5.88 Å². The Kier molecular flexibility index (Phi) is 5.46. The number of hydrogen-bond acceptors (Lipinski definition) is 5. The van der Waals surface area contributed by atoms with E-state index in [1.807, 2.05) is 39.8 Å². The summed E-state index contributed by atoms with van der Waals surface area (Å²) < 4.78 is 16.5. The largest absolute Gasteiger partial charge is 0.481 e. The monoisotopic (exact) mass is 322 g/mol. The lowest BCUT2D eigenvalue weighted by atomic mass is 10.2. The average molecular weight is 322 g/mol. The molecule has 0 radical (unpaired) electrons. The minimum absolute atomic E-state index is 0.0296. The van der Waals surface area contributed by atoms with Crippen LogP contribution in [0.3, 0.4) is 0 Å². The molecule has 128 valence electrons. The highest BCUT2D eigenvalue weighted by molar-refractivity contribution is 5.68. The summed E-state index contributed by atoms with van der Waals surface area (Å²) in [6.07, 6.45) is 0.576. The number of pyridine rings is 1. The molecular formula is C17H26N2O4. The number of nitrogens with zero attached hydrogens (tertiary/aromatic N) is 2. The van der Waals surface area contributed by atoms with Crippen LogP contribution < -0.4 is 4.74 Å². The van der Waals surface area contributed by atoms with Crippen LogP contribution in [0, 0.1) is 6.92 Å². The van der Waals surface area contributed by atoms with E-state index in [1.165, 1.54) is 0 Å². The van der Waals surface area contributed by atoms with E-state index in [9.17, 15) is 4.79 Å². The van der Waals surface area contributed by atoms with E-state index < -0.39 is 5.60 Å². The van der Waals surface area contributed by atoms with E-state index in [2.05, 4.69) is 4.98 Å². The van der Waals surface area contributed by atoms with Crippen molar-refractivity contribution in [3.05, 3.63) is 23.4 Å². The van der Waals surface area contributed by atoms with Crippen molar-refractivity contribution in [3.63, 3.8) is 0 Å². The van der Waals surface area contributed by atoms with Crippen molar-refractivity contribution in [2.75, 3.05) is 20.2 Å². The molecule has 23 heavy (non-hydrogen) atoms. The number of aromatic nitrogens is 1. The lowest BCUT2D eigenvalue weighted by Crippen LogP contribution is -2.36. The van der Waals surface area contributed by atoms with Gasteiger partial charge in [0.05, 0.1) is 26.4 Å². The van der Waals surface area contributed by atoms with E-state index in [0.29, 0.717) is 25.6 Å². The van der Waals surface area contributed by atoms with Crippen LogP contribution in [0.25, 0.3) is 0 Å². The summed E-state index contributed by atoms with van der Waals surface area (Å²) in [5.74, 6) is 0.588. The van der Waals surface area contributed by atoms with Crippen LogP contribution in [0.5, 0.6) is 5.88 Å². The Morgan fingerprint density at radius 3 is 2.78 bits per heavy atom. The summed E-state index contributed by atoms with van der Waals surface area (Å²) in [7, 11) is 1.60. The molecule has 6 heteroatoms. The molecule has 1 fully saturated rings. The zero-order valence-corrected chi connectivity index (χ0v) is 14.6. The standard InChI is InChI=1S/C17H26N2O4/c1-12-8-13(9-15(18-12)21-5)11-22-14-6-7-19(10-14)16(20)23-17(2,3)4/h8-9,14H,6-7,10-11H2,1-5H3/t14-/m1/s1. The van der Waals surface area contributed by atoms with Gasteiger partial charge in [0, 0.05) is 18.3 Å². The fourth-order valence-electron chi connectivity index (χ4n) is 2.47. The van der Waals surface area contributed by atoms with Crippen LogP contribution in [0.1, 0.15) is 38.4 Å². The topological polar surface area (TPSA) is 60.9 Å². The lowest BCUT2D eigenvalue weighted by Gasteiger charge is -2.24. The molecular weight excluding hydrogens is 296 g/mol. The van der Waals surface area contributed by atoms with Gasteiger partial charge in [-0.05, 0) is 45.7 Å². The molecule has 2 rings (SSSR count). The molecule has 1 saturated heterocycles. The van der Waals surface area contributed by atoms with Crippen molar-refractivity contribution in [2.45, 2.75) is 52.4 Å². The van der Waals surface area contributed by atoms with Gasteiger partial charge in [0.2, 0.25) is 5.88 Å². The average Bonchev–Trinajstić information content (AvgIpc) is 2.91. The summed E-state index contributed by atoms with van der Waals surface area (Å²) in [6, 6.07) is 3.84. The number of methoxy groups -OCH3 is 1. The number of ether oxygens (including phenoxy) is 3.